The van der Waals surface area contributed by atoms with Crippen LogP contribution in [-0.2, 0) is 19.6 Å². The molecule has 0 aromatic heterocycles. The number of allylic oxidation sites excluding steroid dienone is 4. The Morgan fingerprint density at radius 3 is 1.00 bits per heavy atom. The molecule has 0 bridgehead atoms. The smallest absolute Gasteiger partial charge is 0.744 e. The molecule has 0 fully saturated rings. The van der Waals surface area contributed by atoms with Crippen molar-refractivity contribution >= 4 is 22.1 Å². The molecule has 0 unspecified atom stereocenters. The maximum absolute atomic E-state index is 13.0. The van der Waals surface area contributed by atoms with E-state index in [9.17, 15) is 22.6 Å². The number of esters is 2. The van der Waals surface area contributed by atoms with Gasteiger partial charge in [-0.3, -0.25) is 0 Å². The molecule has 0 saturated heterocycles. The van der Waals surface area contributed by atoms with E-state index in [-0.39, 0.29) is 75.7 Å². The summed E-state index contributed by atoms with van der Waals surface area (Å²) in [5, 5.41) is 0. The summed E-state index contributed by atoms with van der Waals surface area (Å²) in [6, 6.07) is 3.16. The maximum atomic E-state index is 13.0. The third-order valence-electron chi connectivity index (χ3n) is 12.0. The summed E-state index contributed by atoms with van der Waals surface area (Å²) >= 11 is 0. The Hall–Kier alpha value is -0.814. The summed E-state index contributed by atoms with van der Waals surface area (Å²) in [6.45, 7) is 4.90. The van der Waals surface area contributed by atoms with Crippen LogP contribution < -0.4 is 51.4 Å². The van der Waals surface area contributed by atoms with Crippen LogP contribution >= 0.6 is 0 Å². The van der Waals surface area contributed by atoms with Gasteiger partial charge < -0.3 is 14.0 Å². The monoisotopic (exact) mass is 925 g/mol. The van der Waals surface area contributed by atoms with Gasteiger partial charge >= 0.3 is 63.3 Å². The second-order valence-electron chi connectivity index (χ2n) is 17.8. The van der Waals surface area contributed by atoms with Gasteiger partial charge in [-0.2, -0.15) is 0 Å². The minimum Gasteiger partial charge on any atom is -0.744 e. The zero-order chi connectivity index (χ0) is 45.0. The summed E-state index contributed by atoms with van der Waals surface area (Å²) in [4.78, 5) is 25.4. The van der Waals surface area contributed by atoms with Crippen LogP contribution in [0.25, 0.3) is 0 Å². The Morgan fingerprint density at radius 1 is 0.429 bits per heavy atom. The summed E-state index contributed by atoms with van der Waals surface area (Å²) < 4.78 is 46.0. The Morgan fingerprint density at radius 2 is 0.698 bits per heavy atom. The van der Waals surface area contributed by atoms with Crippen LogP contribution in [-0.4, -0.2) is 38.1 Å². The molecule has 0 atom stereocenters. The van der Waals surface area contributed by atoms with Crippen LogP contribution in [0.3, 0.4) is 0 Å². The molecule has 0 N–H and O–H groups in total. The molecule has 0 heterocycles. The average molecular weight is 925 g/mol. The summed E-state index contributed by atoms with van der Waals surface area (Å²) in [5.41, 5.74) is -0.333. The van der Waals surface area contributed by atoms with E-state index in [1.807, 2.05) is 0 Å². The molecule has 1 aromatic rings. The van der Waals surface area contributed by atoms with Crippen molar-refractivity contribution in [2.75, 3.05) is 13.2 Å². The number of benzene rings is 1. The number of unbranched alkanes of at least 4 members (excludes halogenated alkanes) is 34. The minimum atomic E-state index is -4.82. The van der Waals surface area contributed by atoms with Gasteiger partial charge in [0.05, 0.1) is 29.2 Å². The first-order valence-corrected chi connectivity index (χ1v) is 27.5. The topological polar surface area (TPSA) is 110 Å². The van der Waals surface area contributed by atoms with Crippen molar-refractivity contribution < 1.29 is 83.4 Å². The van der Waals surface area contributed by atoms with E-state index < -0.39 is 27.0 Å². The minimum absolute atomic E-state index is 0. The molecule has 7 nitrogen and oxygen atoms in total. The molecule has 1 aromatic carbocycles. The molecule has 0 aliphatic carbocycles. The van der Waals surface area contributed by atoms with Crippen molar-refractivity contribution in [1.29, 1.82) is 0 Å². The van der Waals surface area contributed by atoms with E-state index >= 15 is 0 Å². The van der Waals surface area contributed by atoms with Gasteiger partial charge in [0.25, 0.3) is 0 Å². The van der Waals surface area contributed by atoms with E-state index in [1.54, 1.807) is 0 Å². The predicted molar refractivity (Wildman–Crippen MR) is 260 cm³/mol. The molecule has 0 amide bonds. The fourth-order valence-corrected chi connectivity index (χ4v) is 8.47. The number of rotatable bonds is 45. The number of ether oxygens (including phenoxy) is 2. The number of carbonyl (C=O) groups is 2. The molecular weight excluding hydrogens is 832 g/mol. The van der Waals surface area contributed by atoms with Crippen LogP contribution in [0.4, 0.5) is 0 Å². The van der Waals surface area contributed by atoms with Crippen molar-refractivity contribution in [3.63, 3.8) is 0 Å². The van der Waals surface area contributed by atoms with E-state index in [1.165, 1.54) is 199 Å². The van der Waals surface area contributed by atoms with E-state index in [0.29, 0.717) is 12.8 Å². The molecule has 9 heteroatoms. The molecule has 0 radical (unpaired) electrons. The Bertz CT molecular complexity index is 1380. The molecule has 1 rings (SSSR count). The number of hydrogen-bond donors (Lipinski definition) is 0. The fourth-order valence-electron chi connectivity index (χ4n) is 7.98. The first-order chi connectivity index (χ1) is 30.3. The molecule has 358 valence electrons. The van der Waals surface area contributed by atoms with Crippen molar-refractivity contribution in [3.05, 3.63) is 53.6 Å². The van der Waals surface area contributed by atoms with Crippen molar-refractivity contribution in [2.24, 2.45) is 0 Å². The van der Waals surface area contributed by atoms with Crippen LogP contribution in [0.1, 0.15) is 279 Å². The third-order valence-corrected chi connectivity index (χ3v) is 12.8. The summed E-state index contributed by atoms with van der Waals surface area (Å²) in [5.74, 6) is -1.54. The van der Waals surface area contributed by atoms with Gasteiger partial charge in [-0.15, -0.1) is 0 Å². The van der Waals surface area contributed by atoms with Crippen LogP contribution in [0.15, 0.2) is 47.4 Å². The van der Waals surface area contributed by atoms with E-state index in [2.05, 4.69) is 38.2 Å². The van der Waals surface area contributed by atoms with Gasteiger partial charge in [0.2, 0.25) is 0 Å². The Kier molecular flexibility index (Phi) is 45.7. The maximum Gasteiger partial charge on any atom is 1.00 e. The SMILES string of the molecule is CCCCCCCC/C=C/CCCCCCCCCCCCCOC(=O)c1ccc(S(=O)(=O)[O-])cc1C(=O)OCCCCCCCCCCCCC/C=C/CCCCCCCC.[K+]. The van der Waals surface area contributed by atoms with E-state index in [0.717, 1.165) is 50.7 Å². The standard InChI is InChI=1S/C54H94O7S.K/c1-3-5-7-9-11-13-15-17-19-21-23-25-27-29-31-33-35-37-39-41-43-47-60-53(55)51-46-45-50(62(57,58)59)49-52(51)54(56)61-48-44-42-40-38-36-34-32-30-28-26-24-22-20-18-16-14-12-10-8-6-4-2;/h17-20,45-46,49H,3-16,21-44,47-48H2,1-2H3,(H,57,58,59);/q;+1/p-1/b19-17+,20-18+;. The van der Waals surface area contributed by atoms with E-state index in [4.69, 9.17) is 9.47 Å². The van der Waals surface area contributed by atoms with Gasteiger partial charge in [0.15, 0.2) is 0 Å². The first kappa shape index (κ1) is 62.2. The zero-order valence-corrected chi connectivity index (χ0v) is 45.0. The molecule has 0 aliphatic rings. The van der Waals surface area contributed by atoms with Crippen molar-refractivity contribution in [1.82, 2.24) is 0 Å². The van der Waals surface area contributed by atoms with Crippen LogP contribution in [0, 0.1) is 0 Å². The Labute approximate surface area is 431 Å². The molecule has 63 heavy (non-hydrogen) atoms. The molecular formula is C54H93KO7S. The summed E-state index contributed by atoms with van der Waals surface area (Å²) in [7, 11) is -4.82. The second-order valence-corrected chi connectivity index (χ2v) is 19.2. The largest absolute Gasteiger partial charge is 1.00 e. The molecule has 0 saturated carbocycles. The van der Waals surface area contributed by atoms with Gasteiger partial charge in [0.1, 0.15) is 10.1 Å². The third kappa shape index (κ3) is 38.9. The van der Waals surface area contributed by atoms with Gasteiger partial charge in [-0.1, -0.05) is 218 Å². The molecule has 0 spiro atoms. The van der Waals surface area contributed by atoms with Gasteiger partial charge in [-0.05, 0) is 82.4 Å². The van der Waals surface area contributed by atoms with Crippen LogP contribution in [0.2, 0.25) is 0 Å². The zero-order valence-electron chi connectivity index (χ0n) is 41.1. The second kappa shape index (κ2) is 46.3. The van der Waals surface area contributed by atoms with Crippen molar-refractivity contribution in [2.45, 2.75) is 263 Å². The quantitative estimate of drug-likeness (QED) is 0.0211. The number of carbonyl (C=O) groups excluding carboxylic acids is 2. The predicted octanol–water partition coefficient (Wildman–Crippen LogP) is 13.9. The molecule has 0 aliphatic heterocycles. The summed E-state index contributed by atoms with van der Waals surface area (Å²) in [6.07, 6.45) is 56.5. The average Bonchev–Trinajstić information content (AvgIpc) is 3.26. The number of hydrogen-bond acceptors (Lipinski definition) is 7. The fraction of sp³-hybridized carbons (Fsp3) is 0.778. The van der Waals surface area contributed by atoms with Gasteiger partial charge in [0, 0.05) is 0 Å². The Balaban J connectivity index is 0.0000384. The van der Waals surface area contributed by atoms with Crippen molar-refractivity contribution in [3.8, 4) is 0 Å². The first-order valence-electron chi connectivity index (χ1n) is 26.0. The van der Waals surface area contributed by atoms with Gasteiger partial charge in [-0.25, -0.2) is 18.0 Å². The van der Waals surface area contributed by atoms with Crippen LogP contribution in [0.5, 0.6) is 0 Å². The normalized spacial score (nSPS) is 11.7.